The van der Waals surface area contributed by atoms with Crippen LogP contribution in [0.15, 0.2) is 12.2 Å². The van der Waals surface area contributed by atoms with Gasteiger partial charge in [0.05, 0.1) is 19.8 Å². The second kappa shape index (κ2) is 15.6. The lowest BCUT2D eigenvalue weighted by Gasteiger charge is -2.20. The van der Waals surface area contributed by atoms with Crippen LogP contribution in [-0.4, -0.2) is 59.6 Å². The molecule has 3 N–H and O–H groups in total. The van der Waals surface area contributed by atoms with Crippen LogP contribution in [0.25, 0.3) is 0 Å². The molecule has 0 radical (unpaired) electrons. The van der Waals surface area contributed by atoms with E-state index in [2.05, 4.69) is 19.1 Å². The second-order valence-electron chi connectivity index (χ2n) is 7.32. The second-order valence-corrected chi connectivity index (χ2v) is 7.32. The van der Waals surface area contributed by atoms with Gasteiger partial charge in [-0.1, -0.05) is 70.4 Å². The third-order valence-electron chi connectivity index (χ3n) is 4.99. The van der Waals surface area contributed by atoms with E-state index < -0.39 is 31.0 Å². The highest BCUT2D eigenvalue weighted by molar-refractivity contribution is 4.89. The third-order valence-corrected chi connectivity index (χ3v) is 4.99. The highest BCUT2D eigenvalue weighted by atomic mass is 16.6. The Labute approximate surface area is 159 Å². The Kier molecular flexibility index (Phi) is 14.1. The van der Waals surface area contributed by atoms with Crippen LogP contribution in [0.3, 0.4) is 0 Å². The Balaban J connectivity index is 1.91. The first-order chi connectivity index (χ1) is 12.7. The van der Waals surface area contributed by atoms with E-state index in [1.165, 1.54) is 57.8 Å². The molecule has 5 heteroatoms. The zero-order valence-electron chi connectivity index (χ0n) is 16.5. The maximum atomic E-state index is 10.0. The van der Waals surface area contributed by atoms with Gasteiger partial charge in [0.15, 0.2) is 0 Å². The maximum absolute atomic E-state index is 10.0. The van der Waals surface area contributed by atoms with Gasteiger partial charge in [0.1, 0.15) is 24.4 Å². The quantitative estimate of drug-likeness (QED) is 0.286. The summed E-state index contributed by atoms with van der Waals surface area (Å²) in [4.78, 5) is 0. The van der Waals surface area contributed by atoms with Crippen LogP contribution in [0.4, 0.5) is 0 Å². The van der Waals surface area contributed by atoms with Crippen LogP contribution < -0.4 is 0 Å². The van der Waals surface area contributed by atoms with Gasteiger partial charge in [-0.2, -0.15) is 0 Å². The minimum Gasteiger partial charge on any atom is -0.394 e. The lowest BCUT2D eigenvalue weighted by Crippen LogP contribution is -2.41. The van der Waals surface area contributed by atoms with E-state index in [4.69, 9.17) is 14.6 Å². The van der Waals surface area contributed by atoms with Gasteiger partial charge in [-0.15, -0.1) is 0 Å². The molecule has 154 valence electrons. The van der Waals surface area contributed by atoms with Crippen LogP contribution in [0.5, 0.6) is 0 Å². The van der Waals surface area contributed by atoms with Crippen molar-refractivity contribution in [3.8, 4) is 0 Å². The van der Waals surface area contributed by atoms with Crippen LogP contribution in [0, 0.1) is 0 Å². The summed E-state index contributed by atoms with van der Waals surface area (Å²) >= 11 is 0. The summed E-state index contributed by atoms with van der Waals surface area (Å²) in [7, 11) is 0. The fourth-order valence-electron chi connectivity index (χ4n) is 3.30. The molecule has 0 bridgehead atoms. The van der Waals surface area contributed by atoms with E-state index in [1.54, 1.807) is 0 Å². The monoisotopic (exact) mass is 372 g/mol. The lowest BCUT2D eigenvalue weighted by atomic mass is 10.1. The third kappa shape index (κ3) is 10.0. The van der Waals surface area contributed by atoms with Crippen LogP contribution in [-0.2, 0) is 9.47 Å². The van der Waals surface area contributed by atoms with Gasteiger partial charge in [0.25, 0.3) is 0 Å². The predicted octanol–water partition coefficient (Wildman–Crippen LogP) is 3.35. The summed E-state index contributed by atoms with van der Waals surface area (Å²) in [6.07, 6.45) is 15.3. The van der Waals surface area contributed by atoms with Crippen molar-refractivity contribution in [1.29, 1.82) is 0 Å². The number of hydrogen-bond donors (Lipinski definition) is 3. The highest BCUT2D eigenvalue weighted by Gasteiger charge is 2.40. The van der Waals surface area contributed by atoms with Crippen molar-refractivity contribution in [3.63, 3.8) is 0 Å². The molecule has 0 amide bonds. The van der Waals surface area contributed by atoms with Gasteiger partial charge >= 0.3 is 0 Å². The van der Waals surface area contributed by atoms with Crippen molar-refractivity contribution < 1.29 is 24.8 Å². The molecular weight excluding hydrogens is 332 g/mol. The highest BCUT2D eigenvalue weighted by Crippen LogP contribution is 2.20. The molecule has 1 aliphatic heterocycles. The molecule has 5 nitrogen and oxygen atoms in total. The number of hydrogen-bond acceptors (Lipinski definition) is 5. The van der Waals surface area contributed by atoms with Gasteiger partial charge < -0.3 is 24.8 Å². The standard InChI is InChI=1S/C21H40O5/c1-2-3-4-5-6-7-8-9-10-11-12-13-14-15-25-19-17-26-21(20(19)24)18(23)16-22/h12-13,18-24H,2-11,14-17H2,1H3/b13-12+/t18-,19+,20+,21+/m1/s1. The van der Waals surface area contributed by atoms with Crippen LogP contribution in [0.1, 0.15) is 77.6 Å². The molecule has 0 aromatic rings. The first-order valence-corrected chi connectivity index (χ1v) is 10.6. The number of rotatable bonds is 16. The average molecular weight is 373 g/mol. The van der Waals surface area contributed by atoms with E-state index in [9.17, 15) is 10.2 Å². The minimum atomic E-state index is -1.06. The molecule has 1 fully saturated rings. The van der Waals surface area contributed by atoms with E-state index in [0.717, 1.165) is 12.8 Å². The molecule has 1 aliphatic rings. The number of allylic oxidation sites excluding steroid dienone is 1. The molecule has 0 aliphatic carbocycles. The van der Waals surface area contributed by atoms with E-state index >= 15 is 0 Å². The molecule has 1 heterocycles. The fourth-order valence-corrected chi connectivity index (χ4v) is 3.30. The number of aliphatic hydroxyl groups excluding tert-OH is 3. The van der Waals surface area contributed by atoms with Crippen LogP contribution in [0.2, 0.25) is 0 Å². The Morgan fingerprint density at radius 1 is 1.00 bits per heavy atom. The van der Waals surface area contributed by atoms with E-state index in [0.29, 0.717) is 6.61 Å². The predicted molar refractivity (Wildman–Crippen MR) is 104 cm³/mol. The van der Waals surface area contributed by atoms with Crippen molar-refractivity contribution in [3.05, 3.63) is 12.2 Å². The summed E-state index contributed by atoms with van der Waals surface area (Å²) < 4.78 is 10.9. The van der Waals surface area contributed by atoms with Gasteiger partial charge in [-0.25, -0.2) is 0 Å². The van der Waals surface area contributed by atoms with Crippen molar-refractivity contribution >= 4 is 0 Å². The number of aliphatic hydroxyl groups is 3. The molecule has 0 saturated carbocycles. The minimum absolute atomic E-state index is 0.255. The zero-order chi connectivity index (χ0) is 19.0. The molecule has 4 atom stereocenters. The summed E-state index contributed by atoms with van der Waals surface area (Å²) in [5.74, 6) is 0. The first kappa shape index (κ1) is 23.6. The number of ether oxygens (including phenoxy) is 2. The van der Waals surface area contributed by atoms with Crippen molar-refractivity contribution in [2.45, 2.75) is 102 Å². The fraction of sp³-hybridized carbons (Fsp3) is 0.905. The molecular formula is C21H40O5. The Morgan fingerprint density at radius 2 is 1.62 bits per heavy atom. The molecule has 1 rings (SSSR count). The van der Waals surface area contributed by atoms with Gasteiger partial charge in [0, 0.05) is 0 Å². The van der Waals surface area contributed by atoms with Gasteiger partial charge in [0.2, 0.25) is 0 Å². The summed E-state index contributed by atoms with van der Waals surface area (Å²) in [5, 5.41) is 28.5. The number of unbranched alkanes of at least 4 members (excludes halogenated alkanes) is 9. The Bertz CT molecular complexity index is 347. The van der Waals surface area contributed by atoms with Crippen molar-refractivity contribution in [2.24, 2.45) is 0 Å². The van der Waals surface area contributed by atoms with Crippen molar-refractivity contribution in [1.82, 2.24) is 0 Å². The molecule has 26 heavy (non-hydrogen) atoms. The van der Waals surface area contributed by atoms with Gasteiger partial charge in [-0.05, 0) is 19.3 Å². The average Bonchev–Trinajstić information content (AvgIpc) is 3.02. The van der Waals surface area contributed by atoms with Crippen molar-refractivity contribution in [2.75, 3.05) is 19.8 Å². The molecule has 0 aromatic heterocycles. The normalized spacial score (nSPS) is 24.5. The topological polar surface area (TPSA) is 79.2 Å². The molecule has 1 saturated heterocycles. The largest absolute Gasteiger partial charge is 0.394 e. The lowest BCUT2D eigenvalue weighted by molar-refractivity contribution is -0.0726. The van der Waals surface area contributed by atoms with E-state index in [-0.39, 0.29) is 6.61 Å². The van der Waals surface area contributed by atoms with Crippen LogP contribution >= 0.6 is 0 Å². The van der Waals surface area contributed by atoms with Gasteiger partial charge in [-0.3, -0.25) is 0 Å². The summed E-state index contributed by atoms with van der Waals surface area (Å²) in [5.41, 5.74) is 0. The Hall–Kier alpha value is -0.460. The molecule has 0 unspecified atom stereocenters. The summed E-state index contributed by atoms with van der Waals surface area (Å²) in [6.45, 7) is 2.62. The first-order valence-electron chi connectivity index (χ1n) is 10.6. The molecule has 0 spiro atoms. The SMILES string of the molecule is CCCCCCCCCCC/C=C/CCO[C@H]1CO[C@@H]([C@H](O)CO)[C@H]1O. The smallest absolute Gasteiger partial charge is 0.114 e. The molecule has 0 aromatic carbocycles. The Morgan fingerprint density at radius 3 is 2.27 bits per heavy atom. The summed E-state index contributed by atoms with van der Waals surface area (Å²) in [6, 6.07) is 0. The maximum Gasteiger partial charge on any atom is 0.114 e. The van der Waals surface area contributed by atoms with E-state index in [1.807, 2.05) is 0 Å². The zero-order valence-corrected chi connectivity index (χ0v) is 16.5.